The fourth-order valence-electron chi connectivity index (χ4n) is 4.25. The minimum absolute atomic E-state index is 0.0765. The van der Waals surface area contributed by atoms with Crippen molar-refractivity contribution < 1.29 is 25.8 Å². The van der Waals surface area contributed by atoms with Crippen molar-refractivity contribution in [2.45, 2.75) is 24.5 Å². The molecule has 0 fully saturated rings. The van der Waals surface area contributed by atoms with Crippen molar-refractivity contribution in [3.8, 4) is 5.69 Å². The van der Waals surface area contributed by atoms with Gasteiger partial charge < -0.3 is 0 Å². The van der Waals surface area contributed by atoms with Gasteiger partial charge in [0.1, 0.15) is 11.4 Å². The largest absolute Gasteiger partial charge is 0.523 e. The molecular weight excluding hydrogens is 465 g/mol. The van der Waals surface area contributed by atoms with Gasteiger partial charge in [-0.2, -0.15) is 21.6 Å². The highest BCUT2D eigenvalue weighted by Crippen LogP contribution is 2.42. The summed E-state index contributed by atoms with van der Waals surface area (Å²) in [4.78, 5) is 4.83. The zero-order chi connectivity index (χ0) is 24.1. The number of hydrogen-bond donors (Lipinski definition) is 0. The number of para-hydroxylation sites is 1. The molecule has 1 atom stereocenters. The molecule has 1 aromatic heterocycles. The third-order valence-electron chi connectivity index (χ3n) is 5.86. The van der Waals surface area contributed by atoms with Gasteiger partial charge in [-0.05, 0) is 30.5 Å². The van der Waals surface area contributed by atoms with E-state index in [2.05, 4.69) is 0 Å². The summed E-state index contributed by atoms with van der Waals surface area (Å²) in [5, 5.41) is 1.82. The van der Waals surface area contributed by atoms with Crippen molar-refractivity contribution in [2.75, 3.05) is 0 Å². The fraction of sp³-hybridized carbons (Fsp3) is 0.160. The second-order valence-electron chi connectivity index (χ2n) is 8.19. The Balaban J connectivity index is 1.79. The first-order valence-corrected chi connectivity index (χ1v) is 11.9. The molecule has 0 aliphatic heterocycles. The van der Waals surface area contributed by atoms with Gasteiger partial charge in [0, 0.05) is 23.1 Å². The van der Waals surface area contributed by atoms with Crippen LogP contribution in [0.3, 0.4) is 0 Å². The minimum atomic E-state index is -5.85. The molecule has 34 heavy (non-hydrogen) atoms. The minimum Gasteiger partial charge on any atom is -0.292 e. The van der Waals surface area contributed by atoms with E-state index in [0.29, 0.717) is 11.3 Å². The molecule has 0 saturated heterocycles. The number of rotatable bonds is 4. The SMILES string of the molecule is C[C@]1(OS(=O)(=O)C(F)(F)F)CC=CC=C1c1nc2c3ccccc3ccc2n1-c1ccccc1. The van der Waals surface area contributed by atoms with Crippen LogP contribution in [0.25, 0.3) is 33.1 Å². The van der Waals surface area contributed by atoms with Crippen LogP contribution in [0, 0.1) is 0 Å². The topological polar surface area (TPSA) is 61.2 Å². The Morgan fingerprint density at radius 2 is 1.71 bits per heavy atom. The van der Waals surface area contributed by atoms with E-state index < -0.39 is 21.2 Å². The first-order chi connectivity index (χ1) is 16.1. The second-order valence-corrected chi connectivity index (χ2v) is 9.73. The smallest absolute Gasteiger partial charge is 0.292 e. The summed E-state index contributed by atoms with van der Waals surface area (Å²) in [6.07, 6.45) is 4.71. The number of nitrogens with zero attached hydrogens (tertiary/aromatic N) is 2. The van der Waals surface area contributed by atoms with Gasteiger partial charge in [0.05, 0.1) is 11.0 Å². The number of allylic oxidation sites excluding steroid dienone is 2. The van der Waals surface area contributed by atoms with E-state index in [0.717, 1.165) is 22.0 Å². The number of fused-ring (bicyclic) bond motifs is 3. The molecule has 0 amide bonds. The number of alkyl halides is 3. The van der Waals surface area contributed by atoms with Gasteiger partial charge in [-0.15, -0.1) is 0 Å². The summed E-state index contributed by atoms with van der Waals surface area (Å²) < 4.78 is 70.2. The third kappa shape index (κ3) is 3.61. The lowest BCUT2D eigenvalue weighted by molar-refractivity contribution is -0.0598. The third-order valence-corrected chi connectivity index (χ3v) is 7.01. The summed E-state index contributed by atoms with van der Waals surface area (Å²) in [5.41, 5.74) is -5.02. The van der Waals surface area contributed by atoms with Gasteiger partial charge in [0.15, 0.2) is 0 Å². The van der Waals surface area contributed by atoms with Gasteiger partial charge in [-0.1, -0.05) is 66.8 Å². The summed E-state index contributed by atoms with van der Waals surface area (Å²) in [6.45, 7) is 1.33. The predicted octanol–water partition coefficient (Wildman–Crippen LogP) is 6.15. The lowest BCUT2D eigenvalue weighted by atomic mass is 9.88. The standard InChI is InChI=1S/C25H19F3N2O3S/c1-24(33-34(31,32)25(26,27)28)16-8-7-13-20(24)23-29-22-19-12-6-5-9-17(19)14-15-21(22)30(23)18-10-3-2-4-11-18/h2-15H,16H2,1H3/t24-/m0/s1. The molecule has 5 nitrogen and oxygen atoms in total. The van der Waals surface area contributed by atoms with Gasteiger partial charge in [0.25, 0.3) is 0 Å². The predicted molar refractivity (Wildman–Crippen MR) is 125 cm³/mol. The Morgan fingerprint density at radius 1 is 1.00 bits per heavy atom. The van der Waals surface area contributed by atoms with Crippen LogP contribution in [0.5, 0.6) is 0 Å². The van der Waals surface area contributed by atoms with E-state index in [4.69, 9.17) is 9.17 Å². The first kappa shape index (κ1) is 22.4. The molecule has 1 heterocycles. The quantitative estimate of drug-likeness (QED) is 0.258. The van der Waals surface area contributed by atoms with Gasteiger partial charge in [-0.3, -0.25) is 8.75 Å². The Morgan fingerprint density at radius 3 is 2.44 bits per heavy atom. The lowest BCUT2D eigenvalue weighted by Crippen LogP contribution is -2.39. The fourth-order valence-corrected chi connectivity index (χ4v) is 4.99. The number of benzene rings is 3. The Labute approximate surface area is 193 Å². The van der Waals surface area contributed by atoms with E-state index in [9.17, 15) is 21.6 Å². The van der Waals surface area contributed by atoms with Crippen molar-refractivity contribution in [2.24, 2.45) is 0 Å². The molecule has 0 N–H and O–H groups in total. The highest BCUT2D eigenvalue weighted by molar-refractivity contribution is 7.87. The zero-order valence-electron chi connectivity index (χ0n) is 18.0. The Bertz CT molecular complexity index is 1570. The molecule has 9 heteroatoms. The van der Waals surface area contributed by atoms with Crippen LogP contribution >= 0.6 is 0 Å². The maximum atomic E-state index is 13.2. The van der Waals surface area contributed by atoms with Crippen LogP contribution in [-0.2, 0) is 14.3 Å². The van der Waals surface area contributed by atoms with Crippen LogP contribution in [0.4, 0.5) is 13.2 Å². The van der Waals surface area contributed by atoms with E-state index in [1.807, 2.05) is 71.3 Å². The van der Waals surface area contributed by atoms with Crippen LogP contribution in [-0.4, -0.2) is 29.1 Å². The van der Waals surface area contributed by atoms with Crippen molar-refractivity contribution >= 4 is 37.5 Å². The van der Waals surface area contributed by atoms with E-state index in [-0.39, 0.29) is 12.0 Å². The molecule has 1 aliphatic rings. The summed E-state index contributed by atoms with van der Waals surface area (Å²) in [6, 6.07) is 20.7. The monoisotopic (exact) mass is 484 g/mol. The number of aromatic nitrogens is 2. The molecule has 5 rings (SSSR count). The van der Waals surface area contributed by atoms with Gasteiger partial charge in [0.2, 0.25) is 0 Å². The molecule has 1 aliphatic carbocycles. The van der Waals surface area contributed by atoms with Crippen LogP contribution in [0.1, 0.15) is 19.2 Å². The van der Waals surface area contributed by atoms with Gasteiger partial charge in [-0.25, -0.2) is 4.98 Å². The summed E-state index contributed by atoms with van der Waals surface area (Å²) in [5.74, 6) is 0.307. The van der Waals surface area contributed by atoms with Crippen molar-refractivity contribution in [1.29, 1.82) is 0 Å². The number of imidazole rings is 1. The van der Waals surface area contributed by atoms with Crippen molar-refractivity contribution in [3.63, 3.8) is 0 Å². The molecule has 0 spiro atoms. The van der Waals surface area contributed by atoms with Crippen LogP contribution in [0.15, 0.2) is 85.0 Å². The summed E-state index contributed by atoms with van der Waals surface area (Å²) in [7, 11) is -5.85. The Hall–Kier alpha value is -3.43. The molecule has 3 aromatic carbocycles. The highest BCUT2D eigenvalue weighted by atomic mass is 32.2. The van der Waals surface area contributed by atoms with E-state index >= 15 is 0 Å². The highest BCUT2D eigenvalue weighted by Gasteiger charge is 2.52. The van der Waals surface area contributed by atoms with Crippen molar-refractivity contribution in [3.05, 3.63) is 90.8 Å². The molecular formula is C25H19F3N2O3S. The molecule has 0 saturated carbocycles. The van der Waals surface area contributed by atoms with E-state index in [1.165, 1.54) is 6.92 Å². The average molecular weight is 484 g/mol. The maximum Gasteiger partial charge on any atom is 0.523 e. The van der Waals surface area contributed by atoms with Crippen LogP contribution < -0.4 is 0 Å². The number of hydrogen-bond acceptors (Lipinski definition) is 4. The normalized spacial score (nSPS) is 19.0. The average Bonchev–Trinajstić information content (AvgIpc) is 3.18. The zero-order valence-corrected chi connectivity index (χ0v) is 18.8. The van der Waals surface area contributed by atoms with Gasteiger partial charge >= 0.3 is 15.6 Å². The molecule has 0 radical (unpaired) electrons. The first-order valence-electron chi connectivity index (χ1n) is 10.5. The Kier molecular flexibility index (Phi) is 5.14. The molecule has 4 aromatic rings. The molecule has 0 unspecified atom stereocenters. The van der Waals surface area contributed by atoms with Crippen molar-refractivity contribution in [1.82, 2.24) is 9.55 Å². The lowest BCUT2D eigenvalue weighted by Gasteiger charge is -2.32. The van der Waals surface area contributed by atoms with Crippen LogP contribution in [0.2, 0.25) is 0 Å². The molecule has 174 valence electrons. The van der Waals surface area contributed by atoms with E-state index in [1.54, 1.807) is 18.2 Å². The molecule has 0 bridgehead atoms. The number of halogens is 3. The summed E-state index contributed by atoms with van der Waals surface area (Å²) >= 11 is 0. The second kappa shape index (κ2) is 7.82. The maximum absolute atomic E-state index is 13.2.